The molecule has 1 saturated heterocycles. The van der Waals surface area contributed by atoms with Crippen molar-refractivity contribution < 1.29 is 4.42 Å². The molecule has 102 valence electrons. The van der Waals surface area contributed by atoms with E-state index in [-0.39, 0.29) is 0 Å². The number of nitrogens with zero attached hydrogens (tertiary/aromatic N) is 1. The average Bonchev–Trinajstić information content (AvgIpc) is 2.77. The van der Waals surface area contributed by atoms with Gasteiger partial charge < -0.3 is 14.6 Å². The van der Waals surface area contributed by atoms with Gasteiger partial charge in [0.1, 0.15) is 5.76 Å². The van der Waals surface area contributed by atoms with E-state index < -0.39 is 0 Å². The van der Waals surface area contributed by atoms with Gasteiger partial charge in [-0.05, 0) is 49.9 Å². The fraction of sp³-hybridized carbons (Fsp3) is 0.733. The maximum atomic E-state index is 5.30. The third-order valence-electron chi connectivity index (χ3n) is 3.92. The van der Waals surface area contributed by atoms with Crippen LogP contribution in [-0.4, -0.2) is 31.1 Å². The highest BCUT2D eigenvalue weighted by molar-refractivity contribution is 4.97. The second-order valence-corrected chi connectivity index (χ2v) is 6.12. The van der Waals surface area contributed by atoms with Gasteiger partial charge in [0.15, 0.2) is 0 Å². The molecule has 1 fully saturated rings. The summed E-state index contributed by atoms with van der Waals surface area (Å²) in [6.07, 6.45) is 5.76. The third-order valence-corrected chi connectivity index (χ3v) is 3.92. The van der Waals surface area contributed by atoms with Gasteiger partial charge in [-0.3, -0.25) is 0 Å². The number of hydrogen-bond donors (Lipinski definition) is 1. The Morgan fingerprint density at radius 2 is 2.22 bits per heavy atom. The Labute approximate surface area is 111 Å². The lowest BCUT2D eigenvalue weighted by Gasteiger charge is -2.23. The van der Waals surface area contributed by atoms with E-state index in [1.54, 1.807) is 6.26 Å². The van der Waals surface area contributed by atoms with Crippen LogP contribution in [-0.2, 0) is 6.54 Å². The largest absolute Gasteiger partial charge is 0.468 e. The first-order valence-corrected chi connectivity index (χ1v) is 7.11. The average molecular weight is 250 g/mol. The molecule has 2 heterocycles. The van der Waals surface area contributed by atoms with E-state index in [1.165, 1.54) is 32.4 Å². The second-order valence-electron chi connectivity index (χ2n) is 6.12. The van der Waals surface area contributed by atoms with Crippen LogP contribution in [0.3, 0.4) is 0 Å². The standard InChI is InChI=1S/C15H26N2O/c1-15(2)6-4-9-17(10-7-15)11-8-16-13-14-5-3-12-18-14/h3,5,12,16H,4,6-11,13H2,1-2H3. The van der Waals surface area contributed by atoms with Crippen LogP contribution in [0.4, 0.5) is 0 Å². The smallest absolute Gasteiger partial charge is 0.117 e. The summed E-state index contributed by atoms with van der Waals surface area (Å²) in [4.78, 5) is 2.59. The van der Waals surface area contributed by atoms with E-state index in [9.17, 15) is 0 Å². The summed E-state index contributed by atoms with van der Waals surface area (Å²) >= 11 is 0. The molecule has 0 aliphatic carbocycles. The summed E-state index contributed by atoms with van der Waals surface area (Å²) < 4.78 is 5.30. The van der Waals surface area contributed by atoms with Gasteiger partial charge in [-0.15, -0.1) is 0 Å². The fourth-order valence-corrected chi connectivity index (χ4v) is 2.56. The van der Waals surface area contributed by atoms with Crippen LogP contribution in [0.5, 0.6) is 0 Å². The highest BCUT2D eigenvalue weighted by Gasteiger charge is 2.22. The Hall–Kier alpha value is -0.800. The first-order valence-electron chi connectivity index (χ1n) is 7.11. The van der Waals surface area contributed by atoms with Crippen molar-refractivity contribution in [2.24, 2.45) is 5.41 Å². The zero-order chi connectivity index (χ0) is 12.8. The third kappa shape index (κ3) is 4.46. The SMILES string of the molecule is CC1(C)CCCN(CCNCc2ccco2)CC1. The second kappa shape index (κ2) is 6.39. The molecule has 1 aromatic rings. The molecule has 1 aromatic heterocycles. The van der Waals surface area contributed by atoms with Gasteiger partial charge in [0.05, 0.1) is 12.8 Å². The number of hydrogen-bond acceptors (Lipinski definition) is 3. The van der Waals surface area contributed by atoms with Crippen molar-refractivity contribution >= 4 is 0 Å². The minimum absolute atomic E-state index is 0.538. The first kappa shape index (κ1) is 13.6. The minimum Gasteiger partial charge on any atom is -0.468 e. The van der Waals surface area contributed by atoms with Crippen molar-refractivity contribution in [3.8, 4) is 0 Å². The molecule has 0 bridgehead atoms. The van der Waals surface area contributed by atoms with Crippen LogP contribution < -0.4 is 5.32 Å². The molecule has 18 heavy (non-hydrogen) atoms. The van der Waals surface area contributed by atoms with E-state index in [4.69, 9.17) is 4.42 Å². The van der Waals surface area contributed by atoms with Crippen molar-refractivity contribution in [2.45, 2.75) is 39.7 Å². The van der Waals surface area contributed by atoms with Crippen LogP contribution in [0, 0.1) is 5.41 Å². The van der Waals surface area contributed by atoms with E-state index in [1.807, 2.05) is 12.1 Å². The molecule has 0 amide bonds. The lowest BCUT2D eigenvalue weighted by molar-refractivity contribution is 0.261. The number of likely N-dealkylation sites (tertiary alicyclic amines) is 1. The Morgan fingerprint density at radius 1 is 1.33 bits per heavy atom. The summed E-state index contributed by atoms with van der Waals surface area (Å²) in [5, 5.41) is 3.44. The highest BCUT2D eigenvalue weighted by Crippen LogP contribution is 2.29. The lowest BCUT2D eigenvalue weighted by atomic mass is 9.85. The Bertz CT molecular complexity index is 332. The van der Waals surface area contributed by atoms with Gasteiger partial charge >= 0.3 is 0 Å². The number of rotatable bonds is 5. The minimum atomic E-state index is 0.538. The van der Waals surface area contributed by atoms with Crippen LogP contribution in [0.25, 0.3) is 0 Å². The maximum absolute atomic E-state index is 5.30. The van der Waals surface area contributed by atoms with Crippen molar-refractivity contribution in [1.29, 1.82) is 0 Å². The van der Waals surface area contributed by atoms with Crippen molar-refractivity contribution in [3.05, 3.63) is 24.2 Å². The molecular formula is C15H26N2O. The summed E-state index contributed by atoms with van der Waals surface area (Å²) in [7, 11) is 0. The molecule has 0 spiro atoms. The maximum Gasteiger partial charge on any atom is 0.117 e. The summed E-state index contributed by atoms with van der Waals surface area (Å²) in [6, 6.07) is 3.95. The van der Waals surface area contributed by atoms with E-state index >= 15 is 0 Å². The summed E-state index contributed by atoms with van der Waals surface area (Å²) in [6.45, 7) is 10.3. The van der Waals surface area contributed by atoms with E-state index in [0.29, 0.717) is 5.41 Å². The molecular weight excluding hydrogens is 224 g/mol. The van der Waals surface area contributed by atoms with Gasteiger partial charge in [-0.2, -0.15) is 0 Å². The van der Waals surface area contributed by atoms with Gasteiger partial charge in [0.2, 0.25) is 0 Å². The van der Waals surface area contributed by atoms with Crippen LogP contribution in [0.15, 0.2) is 22.8 Å². The van der Waals surface area contributed by atoms with Crippen LogP contribution in [0.1, 0.15) is 38.9 Å². The molecule has 1 aliphatic heterocycles. The molecule has 1 N–H and O–H groups in total. The topological polar surface area (TPSA) is 28.4 Å². The predicted octanol–water partition coefficient (Wildman–Crippen LogP) is 2.88. The fourth-order valence-electron chi connectivity index (χ4n) is 2.56. The van der Waals surface area contributed by atoms with Gasteiger partial charge in [-0.25, -0.2) is 0 Å². The molecule has 0 saturated carbocycles. The van der Waals surface area contributed by atoms with Crippen molar-refractivity contribution in [2.75, 3.05) is 26.2 Å². The molecule has 1 aliphatic rings. The first-order chi connectivity index (χ1) is 8.66. The predicted molar refractivity (Wildman–Crippen MR) is 74.5 cm³/mol. The van der Waals surface area contributed by atoms with Gasteiger partial charge in [0.25, 0.3) is 0 Å². The zero-order valence-corrected chi connectivity index (χ0v) is 11.7. The quantitative estimate of drug-likeness (QED) is 0.815. The molecule has 0 atom stereocenters. The van der Waals surface area contributed by atoms with Crippen LogP contribution in [0.2, 0.25) is 0 Å². The van der Waals surface area contributed by atoms with Crippen molar-refractivity contribution in [1.82, 2.24) is 10.2 Å². The van der Waals surface area contributed by atoms with Crippen LogP contribution >= 0.6 is 0 Å². The Morgan fingerprint density at radius 3 is 3.00 bits per heavy atom. The molecule has 0 unspecified atom stereocenters. The Kier molecular flexibility index (Phi) is 4.84. The summed E-state index contributed by atoms with van der Waals surface area (Å²) in [5.74, 6) is 1.02. The van der Waals surface area contributed by atoms with Gasteiger partial charge in [0, 0.05) is 13.1 Å². The molecule has 3 heteroatoms. The molecule has 0 aromatic carbocycles. The zero-order valence-electron chi connectivity index (χ0n) is 11.7. The summed E-state index contributed by atoms with van der Waals surface area (Å²) in [5.41, 5.74) is 0.538. The molecule has 3 nitrogen and oxygen atoms in total. The van der Waals surface area contributed by atoms with Gasteiger partial charge in [-0.1, -0.05) is 13.8 Å². The Balaban J connectivity index is 1.61. The molecule has 0 radical (unpaired) electrons. The van der Waals surface area contributed by atoms with E-state index in [0.717, 1.165) is 25.4 Å². The lowest BCUT2D eigenvalue weighted by Crippen LogP contribution is -2.33. The number of nitrogens with one attached hydrogen (secondary N) is 1. The number of furan rings is 1. The van der Waals surface area contributed by atoms with Crippen molar-refractivity contribution in [3.63, 3.8) is 0 Å². The highest BCUT2D eigenvalue weighted by atomic mass is 16.3. The normalized spacial score (nSPS) is 20.8. The van der Waals surface area contributed by atoms with E-state index in [2.05, 4.69) is 24.1 Å². The molecule has 2 rings (SSSR count). The monoisotopic (exact) mass is 250 g/mol.